The molecule has 5 aromatic rings. The lowest BCUT2D eigenvalue weighted by Crippen LogP contribution is -2.30. The summed E-state index contributed by atoms with van der Waals surface area (Å²) in [7, 11) is 1.58. The Labute approximate surface area is 256 Å². The van der Waals surface area contributed by atoms with Crippen molar-refractivity contribution in [3.05, 3.63) is 72.1 Å². The Morgan fingerprint density at radius 2 is 1.78 bits per heavy atom. The van der Waals surface area contributed by atoms with Gasteiger partial charge in [0.25, 0.3) is 0 Å². The molecule has 0 N–H and O–H groups in total. The monoisotopic (exact) mass is 614 g/mol. The first-order chi connectivity index (χ1) is 21.9. The molecule has 0 bridgehead atoms. The second-order valence-electron chi connectivity index (χ2n) is 11.8. The van der Waals surface area contributed by atoms with E-state index < -0.39 is 11.9 Å². The molecule has 230 valence electrons. The zero-order valence-corrected chi connectivity index (χ0v) is 24.4. The SMILES string of the molecule is COc1ncnc(C2CC2)c1-c1nc(N(Cc2ccc(-c3nc(C(F)(F)F)cn3C3COC3)cc2)C2CC2)c2cccnc2n1. The predicted molar refractivity (Wildman–Crippen MR) is 159 cm³/mol. The van der Waals surface area contributed by atoms with Crippen molar-refractivity contribution >= 4 is 16.9 Å². The van der Waals surface area contributed by atoms with Gasteiger partial charge < -0.3 is 18.9 Å². The summed E-state index contributed by atoms with van der Waals surface area (Å²) in [5.41, 5.74) is 2.85. The van der Waals surface area contributed by atoms with Gasteiger partial charge in [0.2, 0.25) is 5.88 Å². The number of nitrogens with zero attached hydrogens (tertiary/aromatic N) is 8. The highest BCUT2D eigenvalue weighted by molar-refractivity contribution is 5.89. The summed E-state index contributed by atoms with van der Waals surface area (Å²) in [4.78, 5) is 29.8. The maximum Gasteiger partial charge on any atom is 0.434 e. The fourth-order valence-electron chi connectivity index (χ4n) is 5.82. The quantitative estimate of drug-likeness (QED) is 0.198. The number of hydrogen-bond donors (Lipinski definition) is 0. The average molecular weight is 615 g/mol. The van der Waals surface area contributed by atoms with E-state index in [0.717, 1.165) is 54.3 Å². The van der Waals surface area contributed by atoms with E-state index in [1.54, 1.807) is 17.9 Å². The molecule has 5 heterocycles. The molecule has 8 rings (SSSR count). The Kier molecular flexibility index (Phi) is 6.66. The number of ether oxygens (including phenoxy) is 2. The molecule has 1 saturated heterocycles. The number of methoxy groups -OCH3 is 1. The second-order valence-corrected chi connectivity index (χ2v) is 11.8. The summed E-state index contributed by atoms with van der Waals surface area (Å²) < 4.78 is 53.1. The standard InChI is InChI=1S/C32H29F3N8O2/c1-44-31-25(26(19-8-9-19)37-17-38-31)28-40-27-23(3-2-12-36-27)30(41-28)42(21-10-11-21)13-18-4-6-20(7-5-18)29-39-24(32(33,34)35)14-43(29)22-15-45-16-22/h2-7,12,14,17,19,21-22H,8-11,13,15-16H2,1H3. The molecule has 2 saturated carbocycles. The zero-order valence-electron chi connectivity index (χ0n) is 24.4. The van der Waals surface area contributed by atoms with Crippen LogP contribution in [0.3, 0.4) is 0 Å². The third-order valence-corrected chi connectivity index (χ3v) is 8.54. The summed E-state index contributed by atoms with van der Waals surface area (Å²) in [6.07, 6.45) is 3.92. The molecule has 10 nitrogen and oxygen atoms in total. The molecule has 0 spiro atoms. The molecule has 1 aliphatic heterocycles. The van der Waals surface area contributed by atoms with E-state index in [4.69, 9.17) is 19.4 Å². The lowest BCUT2D eigenvalue weighted by Gasteiger charge is -2.28. The minimum Gasteiger partial charge on any atom is -0.480 e. The van der Waals surface area contributed by atoms with Crippen molar-refractivity contribution < 1.29 is 22.6 Å². The first-order valence-electron chi connectivity index (χ1n) is 15.0. The summed E-state index contributed by atoms with van der Waals surface area (Å²) in [5, 5.41) is 0.831. The molecule has 45 heavy (non-hydrogen) atoms. The number of rotatable bonds is 9. The third kappa shape index (κ3) is 5.24. The van der Waals surface area contributed by atoms with Gasteiger partial charge in [0.1, 0.15) is 23.5 Å². The number of benzene rings is 1. The van der Waals surface area contributed by atoms with Gasteiger partial charge >= 0.3 is 6.18 Å². The van der Waals surface area contributed by atoms with Crippen LogP contribution < -0.4 is 9.64 Å². The van der Waals surface area contributed by atoms with Gasteiger partial charge in [0, 0.05) is 36.5 Å². The Balaban J connectivity index is 1.16. The van der Waals surface area contributed by atoms with Crippen LogP contribution >= 0.6 is 0 Å². The van der Waals surface area contributed by atoms with Crippen LogP contribution in [0, 0.1) is 0 Å². The van der Waals surface area contributed by atoms with Crippen molar-refractivity contribution in [2.45, 2.75) is 56.4 Å². The van der Waals surface area contributed by atoms with Gasteiger partial charge in [0.15, 0.2) is 17.2 Å². The first kappa shape index (κ1) is 27.9. The number of alkyl halides is 3. The van der Waals surface area contributed by atoms with Crippen molar-refractivity contribution in [3.8, 4) is 28.7 Å². The van der Waals surface area contributed by atoms with E-state index in [0.29, 0.717) is 54.2 Å². The van der Waals surface area contributed by atoms with Crippen molar-refractivity contribution in [2.24, 2.45) is 0 Å². The summed E-state index contributed by atoms with van der Waals surface area (Å²) >= 11 is 0. The highest BCUT2D eigenvalue weighted by atomic mass is 19.4. The molecule has 0 atom stereocenters. The molecular weight excluding hydrogens is 585 g/mol. The van der Waals surface area contributed by atoms with Gasteiger partial charge in [-0.3, -0.25) is 0 Å². The number of anilines is 1. The highest BCUT2D eigenvalue weighted by Crippen LogP contribution is 2.46. The van der Waals surface area contributed by atoms with Crippen LogP contribution in [0.1, 0.15) is 54.6 Å². The number of halogens is 3. The molecule has 3 aliphatic rings. The van der Waals surface area contributed by atoms with Crippen molar-refractivity contribution in [3.63, 3.8) is 0 Å². The Bertz CT molecular complexity index is 1880. The van der Waals surface area contributed by atoms with Gasteiger partial charge in [-0.2, -0.15) is 13.2 Å². The minimum absolute atomic E-state index is 0.170. The Morgan fingerprint density at radius 1 is 0.978 bits per heavy atom. The summed E-state index contributed by atoms with van der Waals surface area (Å²) in [5.74, 6) is 2.27. The fraction of sp³-hybridized carbons (Fsp3) is 0.375. The van der Waals surface area contributed by atoms with E-state index in [-0.39, 0.29) is 17.9 Å². The molecular formula is C32H29F3N8O2. The lowest BCUT2D eigenvalue weighted by atomic mass is 10.1. The topological polar surface area (TPSA) is 104 Å². The normalized spacial score (nSPS) is 17.0. The number of hydrogen-bond acceptors (Lipinski definition) is 9. The molecule has 4 aromatic heterocycles. The van der Waals surface area contributed by atoms with E-state index in [2.05, 4.69) is 24.8 Å². The van der Waals surface area contributed by atoms with Gasteiger partial charge in [-0.05, 0) is 43.4 Å². The smallest absolute Gasteiger partial charge is 0.434 e. The number of pyridine rings is 1. The van der Waals surface area contributed by atoms with Crippen LogP contribution in [-0.2, 0) is 17.5 Å². The van der Waals surface area contributed by atoms with Crippen LogP contribution in [0.25, 0.3) is 33.8 Å². The van der Waals surface area contributed by atoms with Crippen molar-refractivity contribution in [1.29, 1.82) is 0 Å². The fourth-order valence-corrected chi connectivity index (χ4v) is 5.82. The number of aromatic nitrogens is 7. The highest BCUT2D eigenvalue weighted by Gasteiger charge is 2.37. The van der Waals surface area contributed by atoms with Gasteiger partial charge in [-0.1, -0.05) is 24.3 Å². The van der Waals surface area contributed by atoms with Crippen LogP contribution in [-0.4, -0.2) is 60.8 Å². The predicted octanol–water partition coefficient (Wildman–Crippen LogP) is 5.99. The lowest BCUT2D eigenvalue weighted by molar-refractivity contribution is -0.141. The first-order valence-corrected chi connectivity index (χ1v) is 15.0. The van der Waals surface area contributed by atoms with E-state index in [1.165, 1.54) is 6.33 Å². The van der Waals surface area contributed by atoms with Crippen LogP contribution in [0.4, 0.5) is 19.0 Å². The third-order valence-electron chi connectivity index (χ3n) is 8.54. The Morgan fingerprint density at radius 3 is 2.44 bits per heavy atom. The van der Waals surface area contributed by atoms with Crippen LogP contribution in [0.15, 0.2) is 55.1 Å². The summed E-state index contributed by atoms with van der Waals surface area (Å²) in [6, 6.07) is 11.5. The van der Waals surface area contributed by atoms with Crippen LogP contribution in [0.5, 0.6) is 5.88 Å². The largest absolute Gasteiger partial charge is 0.480 e. The van der Waals surface area contributed by atoms with E-state index >= 15 is 0 Å². The molecule has 3 fully saturated rings. The second kappa shape index (κ2) is 10.8. The van der Waals surface area contributed by atoms with Crippen LogP contribution in [0.2, 0.25) is 0 Å². The zero-order chi connectivity index (χ0) is 30.7. The molecule has 13 heteroatoms. The molecule has 0 radical (unpaired) electrons. The maximum absolute atomic E-state index is 13.5. The molecule has 2 aliphatic carbocycles. The molecule has 1 aromatic carbocycles. The van der Waals surface area contributed by atoms with E-state index in [1.807, 2.05) is 36.4 Å². The van der Waals surface area contributed by atoms with E-state index in [9.17, 15) is 13.2 Å². The number of fused-ring (bicyclic) bond motifs is 1. The minimum atomic E-state index is -4.53. The van der Waals surface area contributed by atoms with Gasteiger partial charge in [-0.25, -0.2) is 29.9 Å². The molecule has 0 amide bonds. The van der Waals surface area contributed by atoms with Crippen molar-refractivity contribution in [2.75, 3.05) is 25.2 Å². The maximum atomic E-state index is 13.5. The molecule has 0 unspecified atom stereocenters. The average Bonchev–Trinajstić information content (AvgIpc) is 3.96. The van der Waals surface area contributed by atoms with Gasteiger partial charge in [0.05, 0.1) is 37.4 Å². The summed E-state index contributed by atoms with van der Waals surface area (Å²) in [6.45, 7) is 1.27. The number of imidazole rings is 1. The Hall–Kier alpha value is -4.65. The van der Waals surface area contributed by atoms with Crippen molar-refractivity contribution in [1.82, 2.24) is 34.5 Å². The van der Waals surface area contributed by atoms with Gasteiger partial charge in [-0.15, -0.1) is 0 Å².